The van der Waals surface area contributed by atoms with E-state index in [-0.39, 0.29) is 0 Å². The van der Waals surface area contributed by atoms with Crippen molar-refractivity contribution < 1.29 is 8.42 Å². The first-order valence-corrected chi connectivity index (χ1v) is 12.3. The van der Waals surface area contributed by atoms with Crippen LogP contribution in [0, 0.1) is 11.8 Å². The number of hydrogen-bond donors (Lipinski definition) is 1. The van der Waals surface area contributed by atoms with Crippen molar-refractivity contribution in [2.45, 2.75) is 90.2 Å². The summed E-state index contributed by atoms with van der Waals surface area (Å²) in [6.45, 7) is 8.10. The Balaban J connectivity index is 1.69. The zero-order valence-corrected chi connectivity index (χ0v) is 18.6. The van der Waals surface area contributed by atoms with Gasteiger partial charge in [0.1, 0.15) is 0 Å². The van der Waals surface area contributed by atoms with Crippen molar-refractivity contribution >= 4 is 10.0 Å². The maximum Gasteiger partial charge on any atom is 0.216 e. The second-order valence-corrected chi connectivity index (χ2v) is 11.8. The molecular weight excluding hydrogens is 354 g/mol. The molecule has 0 radical (unpaired) electrons. The van der Waals surface area contributed by atoms with E-state index in [1.165, 1.54) is 56.1 Å². The molecule has 0 saturated heterocycles. The van der Waals surface area contributed by atoms with E-state index in [9.17, 15) is 8.42 Å². The number of aryl methyl sites for hydroxylation is 2. The zero-order valence-electron chi connectivity index (χ0n) is 17.8. The van der Waals surface area contributed by atoms with Gasteiger partial charge in [0, 0.05) is 6.54 Å². The molecule has 1 saturated carbocycles. The molecule has 0 atom stereocenters. The van der Waals surface area contributed by atoms with E-state index in [1.807, 2.05) is 0 Å². The lowest BCUT2D eigenvalue weighted by atomic mass is 9.79. The summed E-state index contributed by atoms with van der Waals surface area (Å²) in [6, 6.07) is 9.20. The first kappa shape index (κ1) is 22.4. The number of nitrogens with one attached hydrogen (secondary N) is 1. The van der Waals surface area contributed by atoms with Gasteiger partial charge in [-0.15, -0.1) is 0 Å². The number of unbranched alkanes of at least 4 members (excludes halogenated alkanes) is 1. The maximum absolute atomic E-state index is 12.2. The third kappa shape index (κ3) is 7.23. The van der Waals surface area contributed by atoms with Crippen LogP contribution >= 0.6 is 0 Å². The first-order valence-electron chi connectivity index (χ1n) is 10.8. The van der Waals surface area contributed by atoms with Crippen molar-refractivity contribution in [3.05, 3.63) is 35.4 Å². The lowest BCUT2D eigenvalue weighted by Crippen LogP contribution is -2.41. The Morgan fingerprint density at radius 2 is 1.44 bits per heavy atom. The van der Waals surface area contributed by atoms with Crippen LogP contribution < -0.4 is 4.72 Å². The van der Waals surface area contributed by atoms with Crippen LogP contribution in [0.5, 0.6) is 0 Å². The Morgan fingerprint density at radius 1 is 0.926 bits per heavy atom. The Kier molecular flexibility index (Phi) is 8.36. The van der Waals surface area contributed by atoms with E-state index in [0.29, 0.717) is 12.5 Å². The van der Waals surface area contributed by atoms with Crippen molar-refractivity contribution in [2.75, 3.05) is 6.54 Å². The van der Waals surface area contributed by atoms with Crippen LogP contribution in [-0.4, -0.2) is 19.7 Å². The molecule has 1 aromatic rings. The van der Waals surface area contributed by atoms with Crippen molar-refractivity contribution in [1.82, 2.24) is 4.72 Å². The van der Waals surface area contributed by atoms with Crippen molar-refractivity contribution in [3.63, 3.8) is 0 Å². The lowest BCUT2D eigenvalue weighted by molar-refractivity contribution is 0.264. The van der Waals surface area contributed by atoms with E-state index in [4.69, 9.17) is 0 Å². The van der Waals surface area contributed by atoms with E-state index < -0.39 is 14.8 Å². The molecule has 0 spiro atoms. The summed E-state index contributed by atoms with van der Waals surface area (Å²) in [5.74, 6) is 1.29. The Morgan fingerprint density at radius 3 is 1.96 bits per heavy atom. The van der Waals surface area contributed by atoms with Gasteiger partial charge < -0.3 is 0 Å². The van der Waals surface area contributed by atoms with Gasteiger partial charge in [-0.25, -0.2) is 13.1 Å². The Hall–Kier alpha value is -0.870. The van der Waals surface area contributed by atoms with Gasteiger partial charge in [-0.3, -0.25) is 0 Å². The van der Waals surface area contributed by atoms with Gasteiger partial charge in [-0.05, 0) is 82.3 Å². The topological polar surface area (TPSA) is 46.2 Å². The second kappa shape index (κ2) is 10.1. The molecule has 1 aliphatic carbocycles. The molecule has 0 aliphatic heterocycles. The van der Waals surface area contributed by atoms with Crippen molar-refractivity contribution in [1.29, 1.82) is 0 Å². The quantitative estimate of drug-likeness (QED) is 0.603. The minimum Gasteiger partial charge on any atom is -0.215 e. The van der Waals surface area contributed by atoms with Crippen LogP contribution in [-0.2, 0) is 22.9 Å². The fourth-order valence-electron chi connectivity index (χ4n) is 3.79. The number of rotatable bonds is 9. The van der Waals surface area contributed by atoms with Gasteiger partial charge in [0.25, 0.3) is 0 Å². The average molecular weight is 394 g/mol. The van der Waals surface area contributed by atoms with Crippen LogP contribution in [0.25, 0.3) is 0 Å². The van der Waals surface area contributed by atoms with Crippen LogP contribution in [0.3, 0.4) is 0 Å². The van der Waals surface area contributed by atoms with E-state index in [1.54, 1.807) is 20.8 Å². The molecule has 154 valence electrons. The van der Waals surface area contributed by atoms with Crippen LogP contribution in [0.4, 0.5) is 0 Å². The molecule has 0 unspecified atom stereocenters. The molecule has 1 aromatic carbocycles. The lowest BCUT2D eigenvalue weighted by Gasteiger charge is -2.29. The molecule has 0 aromatic heterocycles. The standard InChI is InChI=1S/C23H39NO2S/c1-5-6-7-19-8-10-20(11-9-19)12-13-21-14-16-22(17-15-21)18-24-27(25,26)23(2,3)4/h8-11,21-22,24H,5-7,12-18H2,1-4H3. The molecule has 4 heteroatoms. The van der Waals surface area contributed by atoms with Gasteiger partial charge in [-0.2, -0.15) is 0 Å². The molecule has 0 heterocycles. The van der Waals surface area contributed by atoms with Gasteiger partial charge in [0.05, 0.1) is 4.75 Å². The highest BCUT2D eigenvalue weighted by Crippen LogP contribution is 2.31. The van der Waals surface area contributed by atoms with E-state index in [2.05, 4.69) is 35.9 Å². The summed E-state index contributed by atoms with van der Waals surface area (Å²) in [4.78, 5) is 0. The van der Waals surface area contributed by atoms with E-state index in [0.717, 1.165) is 18.8 Å². The van der Waals surface area contributed by atoms with Crippen LogP contribution in [0.2, 0.25) is 0 Å². The maximum atomic E-state index is 12.2. The molecule has 2 rings (SSSR count). The molecule has 1 N–H and O–H groups in total. The monoisotopic (exact) mass is 393 g/mol. The summed E-state index contributed by atoms with van der Waals surface area (Å²) in [5, 5.41) is 0. The van der Waals surface area contributed by atoms with Crippen molar-refractivity contribution in [3.8, 4) is 0 Å². The molecule has 1 aliphatic rings. The molecular formula is C23H39NO2S. The number of sulfonamides is 1. The number of benzene rings is 1. The molecule has 0 amide bonds. The minimum absolute atomic E-state index is 0.497. The normalized spacial score (nSPS) is 21.3. The molecule has 0 bridgehead atoms. The molecule has 1 fully saturated rings. The second-order valence-electron chi connectivity index (χ2n) is 9.31. The third-order valence-corrected chi connectivity index (χ3v) is 8.18. The fourth-order valence-corrected chi connectivity index (χ4v) is 4.68. The predicted molar refractivity (Wildman–Crippen MR) is 115 cm³/mol. The van der Waals surface area contributed by atoms with Crippen molar-refractivity contribution in [2.24, 2.45) is 11.8 Å². The highest BCUT2D eigenvalue weighted by atomic mass is 32.2. The third-order valence-electron chi connectivity index (χ3n) is 6.02. The van der Waals surface area contributed by atoms with Gasteiger partial charge in [-0.1, -0.05) is 50.5 Å². The number of hydrogen-bond acceptors (Lipinski definition) is 2. The Labute approximate surface area is 167 Å². The van der Waals surface area contributed by atoms with E-state index >= 15 is 0 Å². The van der Waals surface area contributed by atoms with Gasteiger partial charge in [0.2, 0.25) is 10.0 Å². The van der Waals surface area contributed by atoms with Crippen LogP contribution in [0.15, 0.2) is 24.3 Å². The summed E-state index contributed by atoms with van der Waals surface area (Å²) >= 11 is 0. The summed E-state index contributed by atoms with van der Waals surface area (Å²) < 4.78 is 26.5. The molecule has 27 heavy (non-hydrogen) atoms. The van der Waals surface area contributed by atoms with Gasteiger partial charge >= 0.3 is 0 Å². The fraction of sp³-hybridized carbons (Fsp3) is 0.739. The summed E-state index contributed by atoms with van der Waals surface area (Å²) in [5.41, 5.74) is 2.91. The highest BCUT2D eigenvalue weighted by molar-refractivity contribution is 7.90. The van der Waals surface area contributed by atoms with Crippen LogP contribution in [0.1, 0.15) is 83.8 Å². The first-order chi connectivity index (χ1) is 12.7. The predicted octanol–water partition coefficient (Wildman–Crippen LogP) is 5.49. The van der Waals surface area contributed by atoms with Gasteiger partial charge in [0.15, 0.2) is 0 Å². The Bertz CT molecular complexity index is 651. The highest BCUT2D eigenvalue weighted by Gasteiger charge is 2.30. The molecule has 3 nitrogen and oxygen atoms in total. The largest absolute Gasteiger partial charge is 0.216 e. The zero-order chi connectivity index (χ0) is 19.9. The summed E-state index contributed by atoms with van der Waals surface area (Å²) in [6.07, 6.45) is 10.9. The average Bonchev–Trinajstić information content (AvgIpc) is 2.64. The SMILES string of the molecule is CCCCc1ccc(CCC2CCC(CNS(=O)(=O)C(C)(C)C)CC2)cc1. The summed E-state index contributed by atoms with van der Waals surface area (Å²) in [7, 11) is -3.22. The smallest absolute Gasteiger partial charge is 0.215 e. The minimum atomic E-state index is -3.22.